The lowest BCUT2D eigenvalue weighted by Gasteiger charge is -2.35. The van der Waals surface area contributed by atoms with Crippen LogP contribution in [0.3, 0.4) is 0 Å². The van der Waals surface area contributed by atoms with Crippen LogP contribution in [0.4, 0.5) is 10.5 Å². The number of hydrogen-bond acceptors (Lipinski definition) is 5. The number of hydrogen-bond donors (Lipinski definition) is 2. The Balaban J connectivity index is 1.40. The molecule has 0 unspecified atom stereocenters. The van der Waals surface area contributed by atoms with Gasteiger partial charge in [0.05, 0.1) is 6.54 Å². The molecule has 29 heavy (non-hydrogen) atoms. The van der Waals surface area contributed by atoms with Gasteiger partial charge in [-0.3, -0.25) is 9.59 Å². The second kappa shape index (κ2) is 8.71. The van der Waals surface area contributed by atoms with E-state index in [2.05, 4.69) is 10.6 Å². The van der Waals surface area contributed by atoms with Gasteiger partial charge in [0, 0.05) is 43.5 Å². The van der Waals surface area contributed by atoms with Gasteiger partial charge in [-0.1, -0.05) is 0 Å². The highest BCUT2D eigenvalue weighted by molar-refractivity contribution is 5.95. The van der Waals surface area contributed by atoms with Crippen LogP contribution in [-0.4, -0.2) is 72.1 Å². The Hall–Kier alpha value is -2.77. The molecule has 2 fully saturated rings. The van der Waals surface area contributed by atoms with Gasteiger partial charge in [-0.15, -0.1) is 0 Å². The summed E-state index contributed by atoms with van der Waals surface area (Å²) in [6.45, 7) is 7.57. The Morgan fingerprint density at radius 1 is 1.00 bits per heavy atom. The van der Waals surface area contributed by atoms with Crippen molar-refractivity contribution in [2.75, 3.05) is 38.0 Å². The fourth-order valence-corrected chi connectivity index (χ4v) is 2.99. The Labute approximate surface area is 171 Å². The van der Waals surface area contributed by atoms with Gasteiger partial charge >= 0.3 is 6.09 Å². The van der Waals surface area contributed by atoms with E-state index in [-0.39, 0.29) is 24.5 Å². The second-order valence-electron chi connectivity index (χ2n) is 8.53. The van der Waals surface area contributed by atoms with Crippen molar-refractivity contribution in [1.29, 1.82) is 0 Å². The van der Waals surface area contributed by atoms with E-state index in [1.54, 1.807) is 34.1 Å². The molecule has 8 nitrogen and oxygen atoms in total. The molecule has 2 aliphatic rings. The molecule has 0 aromatic heterocycles. The normalized spacial score (nSPS) is 16.9. The molecule has 1 aliphatic carbocycles. The zero-order valence-electron chi connectivity index (χ0n) is 17.4. The molecule has 1 heterocycles. The van der Waals surface area contributed by atoms with E-state index in [0.717, 1.165) is 18.5 Å². The summed E-state index contributed by atoms with van der Waals surface area (Å²) in [4.78, 5) is 39.9. The summed E-state index contributed by atoms with van der Waals surface area (Å²) in [5.41, 5.74) is 0.878. The number of ether oxygens (including phenoxy) is 1. The van der Waals surface area contributed by atoms with E-state index in [0.29, 0.717) is 37.8 Å². The Morgan fingerprint density at radius 3 is 2.14 bits per heavy atom. The van der Waals surface area contributed by atoms with E-state index < -0.39 is 5.60 Å². The number of rotatable bonds is 5. The number of nitrogens with zero attached hydrogens (tertiary/aromatic N) is 2. The third kappa shape index (κ3) is 6.37. The number of anilines is 1. The maximum atomic E-state index is 12.4. The molecule has 0 bridgehead atoms. The molecule has 1 aromatic rings. The molecule has 1 aromatic carbocycles. The Bertz CT molecular complexity index is 745. The summed E-state index contributed by atoms with van der Waals surface area (Å²) in [6.07, 6.45) is 1.77. The zero-order valence-corrected chi connectivity index (χ0v) is 17.4. The van der Waals surface area contributed by atoms with E-state index in [1.807, 2.05) is 20.8 Å². The molecular formula is C21H30N4O4. The molecule has 1 saturated heterocycles. The smallest absolute Gasteiger partial charge is 0.410 e. The molecule has 3 rings (SSSR count). The van der Waals surface area contributed by atoms with E-state index in [4.69, 9.17) is 4.74 Å². The molecule has 0 atom stereocenters. The van der Waals surface area contributed by atoms with Crippen molar-refractivity contribution in [2.24, 2.45) is 0 Å². The van der Waals surface area contributed by atoms with Crippen LogP contribution < -0.4 is 10.6 Å². The van der Waals surface area contributed by atoms with Crippen LogP contribution in [0.25, 0.3) is 0 Å². The maximum absolute atomic E-state index is 12.4. The minimum absolute atomic E-state index is 0.0237. The Kier molecular flexibility index (Phi) is 6.30. The lowest BCUT2D eigenvalue weighted by molar-refractivity contribution is -0.131. The van der Waals surface area contributed by atoms with Crippen LogP contribution in [0.2, 0.25) is 0 Å². The second-order valence-corrected chi connectivity index (χ2v) is 8.53. The fourth-order valence-electron chi connectivity index (χ4n) is 2.99. The van der Waals surface area contributed by atoms with Gasteiger partial charge in [0.25, 0.3) is 5.91 Å². The molecule has 1 aliphatic heterocycles. The summed E-state index contributed by atoms with van der Waals surface area (Å²) in [5, 5.41) is 6.05. The number of carbonyl (C=O) groups excluding carboxylic acids is 3. The SMILES string of the molecule is CC(C)(C)OC(=O)N1CCN(C(=O)CNc2ccc(C(=O)NC3CC3)cc2)CC1. The van der Waals surface area contributed by atoms with E-state index >= 15 is 0 Å². The molecule has 1 saturated carbocycles. The maximum Gasteiger partial charge on any atom is 0.410 e. The minimum Gasteiger partial charge on any atom is -0.444 e. The first-order valence-electron chi connectivity index (χ1n) is 10.1. The van der Waals surface area contributed by atoms with Crippen molar-refractivity contribution in [3.63, 3.8) is 0 Å². The summed E-state index contributed by atoms with van der Waals surface area (Å²) in [7, 11) is 0. The standard InChI is InChI=1S/C21H30N4O4/c1-21(2,3)29-20(28)25-12-10-24(11-13-25)18(26)14-22-16-6-4-15(5-7-16)19(27)23-17-8-9-17/h4-7,17,22H,8-14H2,1-3H3,(H,23,27). The van der Waals surface area contributed by atoms with E-state index in [1.165, 1.54) is 0 Å². The molecule has 8 heteroatoms. The minimum atomic E-state index is -0.526. The molecular weight excluding hydrogens is 372 g/mol. The summed E-state index contributed by atoms with van der Waals surface area (Å²) in [5.74, 6) is -0.0811. The van der Waals surface area contributed by atoms with Gasteiger partial charge in [-0.05, 0) is 57.9 Å². The van der Waals surface area contributed by atoms with Crippen molar-refractivity contribution in [2.45, 2.75) is 45.3 Å². The first-order chi connectivity index (χ1) is 13.7. The van der Waals surface area contributed by atoms with Gasteiger partial charge in [-0.2, -0.15) is 0 Å². The monoisotopic (exact) mass is 402 g/mol. The summed E-state index contributed by atoms with van der Waals surface area (Å²) >= 11 is 0. The predicted octanol–water partition coefficient (Wildman–Crippen LogP) is 2.07. The predicted molar refractivity (Wildman–Crippen MR) is 110 cm³/mol. The molecule has 0 spiro atoms. The highest BCUT2D eigenvalue weighted by Crippen LogP contribution is 2.19. The first-order valence-corrected chi connectivity index (χ1v) is 10.1. The number of carbonyl (C=O) groups is 3. The van der Waals surface area contributed by atoms with Crippen molar-refractivity contribution in [1.82, 2.24) is 15.1 Å². The number of amides is 3. The van der Waals surface area contributed by atoms with Crippen LogP contribution in [-0.2, 0) is 9.53 Å². The number of benzene rings is 1. The van der Waals surface area contributed by atoms with Gasteiger partial charge in [-0.25, -0.2) is 4.79 Å². The molecule has 3 amide bonds. The average Bonchev–Trinajstić information content (AvgIpc) is 3.49. The highest BCUT2D eigenvalue weighted by Gasteiger charge is 2.27. The first kappa shape index (κ1) is 21.0. The zero-order chi connectivity index (χ0) is 21.0. The van der Waals surface area contributed by atoms with Crippen LogP contribution in [0.5, 0.6) is 0 Å². The van der Waals surface area contributed by atoms with E-state index in [9.17, 15) is 14.4 Å². The number of piperazine rings is 1. The van der Waals surface area contributed by atoms with Gasteiger partial charge in [0.2, 0.25) is 5.91 Å². The van der Waals surface area contributed by atoms with Crippen molar-refractivity contribution < 1.29 is 19.1 Å². The van der Waals surface area contributed by atoms with Crippen LogP contribution in [0.15, 0.2) is 24.3 Å². The third-order valence-corrected chi connectivity index (χ3v) is 4.79. The quantitative estimate of drug-likeness (QED) is 0.787. The van der Waals surface area contributed by atoms with Crippen molar-refractivity contribution in [3.8, 4) is 0 Å². The molecule has 2 N–H and O–H groups in total. The van der Waals surface area contributed by atoms with Gasteiger partial charge in [0.15, 0.2) is 0 Å². The van der Waals surface area contributed by atoms with Crippen LogP contribution in [0, 0.1) is 0 Å². The molecule has 0 radical (unpaired) electrons. The number of nitrogens with one attached hydrogen (secondary N) is 2. The fraction of sp³-hybridized carbons (Fsp3) is 0.571. The van der Waals surface area contributed by atoms with Crippen molar-refractivity contribution >= 4 is 23.6 Å². The van der Waals surface area contributed by atoms with Crippen LogP contribution >= 0.6 is 0 Å². The topological polar surface area (TPSA) is 91.0 Å². The Morgan fingerprint density at radius 2 is 1.59 bits per heavy atom. The average molecular weight is 402 g/mol. The lowest BCUT2D eigenvalue weighted by atomic mass is 10.2. The van der Waals surface area contributed by atoms with Gasteiger partial charge in [0.1, 0.15) is 5.60 Å². The van der Waals surface area contributed by atoms with Crippen molar-refractivity contribution in [3.05, 3.63) is 29.8 Å². The molecule has 158 valence electrons. The summed E-state index contributed by atoms with van der Waals surface area (Å²) < 4.78 is 5.37. The summed E-state index contributed by atoms with van der Waals surface area (Å²) in [6, 6.07) is 7.44. The highest BCUT2D eigenvalue weighted by atomic mass is 16.6. The largest absolute Gasteiger partial charge is 0.444 e. The van der Waals surface area contributed by atoms with Gasteiger partial charge < -0.3 is 25.2 Å². The third-order valence-electron chi connectivity index (χ3n) is 4.79. The van der Waals surface area contributed by atoms with Crippen LogP contribution in [0.1, 0.15) is 44.0 Å². The lowest BCUT2D eigenvalue weighted by Crippen LogP contribution is -2.52.